The predicted octanol–water partition coefficient (Wildman–Crippen LogP) is 3.86. The molecule has 116 valence electrons. The van der Waals surface area contributed by atoms with Crippen LogP contribution in [0.4, 0.5) is 4.39 Å². The van der Waals surface area contributed by atoms with Gasteiger partial charge in [-0.3, -0.25) is 0 Å². The Morgan fingerprint density at radius 3 is 2.54 bits per heavy atom. The van der Waals surface area contributed by atoms with Crippen molar-refractivity contribution in [1.82, 2.24) is 0 Å². The molecule has 2 heterocycles. The molecule has 2 aromatic carbocycles. The number of hydrogen-bond acceptors (Lipinski definition) is 1. The number of nitrogens with zero attached hydrogens (tertiary/aromatic N) is 2. The maximum absolute atomic E-state index is 14.0. The number of aromatic nitrogens is 1. The second-order valence-corrected chi connectivity index (χ2v) is 7.99. The van der Waals surface area contributed by atoms with E-state index in [0.29, 0.717) is 0 Å². The molecule has 0 amide bonds. The summed E-state index contributed by atoms with van der Waals surface area (Å²) in [6.45, 7) is 2.10. The van der Waals surface area contributed by atoms with Gasteiger partial charge in [0.1, 0.15) is 0 Å². The van der Waals surface area contributed by atoms with Crippen molar-refractivity contribution < 1.29 is 8.96 Å². The van der Waals surface area contributed by atoms with Gasteiger partial charge in [0.25, 0.3) is 0 Å². The molecule has 0 saturated heterocycles. The topological polar surface area (TPSA) is 27.7 Å². The van der Waals surface area contributed by atoms with E-state index < -0.39 is 5.82 Å². The fourth-order valence-corrected chi connectivity index (χ4v) is 6.11. The Balaban J connectivity index is 2.20. The SMILES string of the molecule is Cc1ccc2c([se]c3c(C#N)c(F)ccc32)c1-c1cccc[n+]1C. The van der Waals surface area contributed by atoms with Crippen molar-refractivity contribution in [3.63, 3.8) is 0 Å². The van der Waals surface area contributed by atoms with Crippen molar-refractivity contribution >= 4 is 33.8 Å². The van der Waals surface area contributed by atoms with Gasteiger partial charge in [0, 0.05) is 0 Å². The Morgan fingerprint density at radius 2 is 1.79 bits per heavy atom. The van der Waals surface area contributed by atoms with Crippen LogP contribution >= 0.6 is 0 Å². The van der Waals surface area contributed by atoms with Crippen LogP contribution < -0.4 is 4.57 Å². The first-order valence-corrected chi connectivity index (χ1v) is 9.32. The summed E-state index contributed by atoms with van der Waals surface area (Å²) in [5.41, 5.74) is 3.74. The normalized spacial score (nSPS) is 11.1. The van der Waals surface area contributed by atoms with Gasteiger partial charge in [0.15, 0.2) is 0 Å². The molecule has 0 atom stereocenters. The van der Waals surface area contributed by atoms with Crippen molar-refractivity contribution in [3.8, 4) is 17.3 Å². The molecule has 0 aliphatic rings. The molecule has 0 aliphatic heterocycles. The average Bonchev–Trinajstić information content (AvgIpc) is 2.94. The van der Waals surface area contributed by atoms with Gasteiger partial charge in [-0.25, -0.2) is 0 Å². The van der Waals surface area contributed by atoms with Crippen LogP contribution in [0, 0.1) is 24.1 Å². The first-order valence-electron chi connectivity index (χ1n) is 7.61. The molecule has 2 nitrogen and oxygen atoms in total. The summed E-state index contributed by atoms with van der Waals surface area (Å²) in [5, 5.41) is 11.5. The van der Waals surface area contributed by atoms with Crippen LogP contribution in [0.25, 0.3) is 30.6 Å². The summed E-state index contributed by atoms with van der Waals surface area (Å²) in [4.78, 5) is 0. The van der Waals surface area contributed by atoms with Gasteiger partial charge in [-0.15, -0.1) is 0 Å². The summed E-state index contributed by atoms with van der Waals surface area (Å²) in [7, 11) is 2.03. The van der Waals surface area contributed by atoms with Gasteiger partial charge < -0.3 is 0 Å². The third-order valence-corrected chi connectivity index (χ3v) is 7.03. The van der Waals surface area contributed by atoms with E-state index in [1.807, 2.05) is 31.4 Å². The second-order valence-electron chi connectivity index (χ2n) is 5.84. The summed E-state index contributed by atoms with van der Waals surface area (Å²) < 4.78 is 18.2. The number of fused-ring (bicyclic) bond motifs is 3. The standard InChI is InChI=1S/C20H14FN2Se/c1-12-6-7-14-13-8-9-16(21)15(11-22)19(13)24-20(14)18(12)17-5-3-4-10-23(17)2/h3-10H,1-2H3/q+1. The Morgan fingerprint density at radius 1 is 1.04 bits per heavy atom. The van der Waals surface area contributed by atoms with Gasteiger partial charge in [-0.2, -0.15) is 0 Å². The van der Waals surface area contributed by atoms with Gasteiger partial charge >= 0.3 is 145 Å². The first kappa shape index (κ1) is 15.1. The minimum absolute atomic E-state index is 0.0813. The minimum atomic E-state index is -0.422. The molecular formula is C20H14FN2Se+. The van der Waals surface area contributed by atoms with Crippen molar-refractivity contribution in [1.29, 1.82) is 5.26 Å². The number of pyridine rings is 1. The van der Waals surface area contributed by atoms with E-state index >= 15 is 0 Å². The monoisotopic (exact) mass is 381 g/mol. The van der Waals surface area contributed by atoms with Crippen molar-refractivity contribution in [3.05, 3.63) is 65.6 Å². The van der Waals surface area contributed by atoms with Crippen molar-refractivity contribution in [2.24, 2.45) is 7.05 Å². The molecule has 0 saturated carbocycles. The predicted molar refractivity (Wildman–Crippen MR) is 94.4 cm³/mol. The van der Waals surface area contributed by atoms with Crippen molar-refractivity contribution in [2.75, 3.05) is 0 Å². The Kier molecular flexibility index (Phi) is 3.49. The molecule has 0 unspecified atom stereocenters. The summed E-state index contributed by atoms with van der Waals surface area (Å²) in [6.07, 6.45) is 2.03. The van der Waals surface area contributed by atoms with Crippen LogP contribution in [-0.2, 0) is 7.05 Å². The van der Waals surface area contributed by atoms with E-state index in [-0.39, 0.29) is 20.1 Å². The molecule has 24 heavy (non-hydrogen) atoms. The summed E-state index contributed by atoms with van der Waals surface area (Å²) in [6, 6.07) is 15.6. The van der Waals surface area contributed by atoms with Crippen LogP contribution in [0.15, 0.2) is 48.7 Å². The first-order chi connectivity index (χ1) is 11.6. The molecular weight excluding hydrogens is 366 g/mol. The van der Waals surface area contributed by atoms with Crippen LogP contribution in [0.2, 0.25) is 0 Å². The van der Waals surface area contributed by atoms with Crippen LogP contribution in [0.5, 0.6) is 0 Å². The van der Waals surface area contributed by atoms with E-state index in [4.69, 9.17) is 0 Å². The molecule has 2 aromatic heterocycles. The summed E-state index contributed by atoms with van der Waals surface area (Å²) in [5.74, 6) is -0.422. The number of hydrogen-bond donors (Lipinski definition) is 0. The zero-order valence-corrected chi connectivity index (χ0v) is 15.0. The van der Waals surface area contributed by atoms with Crippen LogP contribution in [-0.4, -0.2) is 14.5 Å². The second kappa shape index (κ2) is 5.56. The fraction of sp³-hybridized carbons (Fsp3) is 0.100. The fourth-order valence-electron chi connectivity index (χ4n) is 3.18. The van der Waals surface area contributed by atoms with Gasteiger partial charge in [-0.05, 0) is 0 Å². The van der Waals surface area contributed by atoms with Crippen LogP contribution in [0.1, 0.15) is 11.1 Å². The Bertz CT molecular complexity index is 1150. The summed E-state index contributed by atoms with van der Waals surface area (Å²) >= 11 is -0.0813. The number of nitriles is 1. The van der Waals surface area contributed by atoms with Gasteiger partial charge in [0.2, 0.25) is 0 Å². The third-order valence-electron chi connectivity index (χ3n) is 4.39. The molecule has 0 N–H and O–H groups in total. The Hall–Kier alpha value is -2.47. The van der Waals surface area contributed by atoms with Crippen molar-refractivity contribution in [2.45, 2.75) is 6.92 Å². The maximum atomic E-state index is 14.0. The molecule has 0 radical (unpaired) electrons. The van der Waals surface area contributed by atoms with E-state index in [0.717, 1.165) is 20.7 Å². The molecule has 4 aromatic rings. The molecule has 0 bridgehead atoms. The molecule has 0 aliphatic carbocycles. The molecule has 0 spiro atoms. The average molecular weight is 380 g/mol. The zero-order chi connectivity index (χ0) is 16.8. The quantitative estimate of drug-likeness (QED) is 0.364. The zero-order valence-electron chi connectivity index (χ0n) is 13.3. The Labute approximate surface area is 145 Å². The molecule has 0 fully saturated rings. The third kappa shape index (κ3) is 2.10. The van der Waals surface area contributed by atoms with E-state index in [1.165, 1.54) is 21.5 Å². The van der Waals surface area contributed by atoms with Gasteiger partial charge in [-0.1, -0.05) is 0 Å². The van der Waals surface area contributed by atoms with Gasteiger partial charge in [0.05, 0.1) is 0 Å². The number of benzene rings is 2. The van der Waals surface area contributed by atoms with E-state index in [1.54, 1.807) is 0 Å². The molecule has 4 heteroatoms. The number of rotatable bonds is 1. The number of aryl methyl sites for hydroxylation is 2. The van der Waals surface area contributed by atoms with E-state index in [9.17, 15) is 9.65 Å². The number of halogens is 1. The van der Waals surface area contributed by atoms with E-state index in [2.05, 4.69) is 35.8 Å². The van der Waals surface area contributed by atoms with Crippen LogP contribution in [0.3, 0.4) is 0 Å². The molecule has 4 rings (SSSR count).